The van der Waals surface area contributed by atoms with E-state index in [0.29, 0.717) is 71.0 Å². The quantitative estimate of drug-likeness (QED) is 0.0441. The van der Waals surface area contributed by atoms with Crippen LogP contribution in [0.3, 0.4) is 0 Å². The van der Waals surface area contributed by atoms with Crippen molar-refractivity contribution in [3.8, 4) is 23.0 Å². The van der Waals surface area contributed by atoms with Crippen molar-refractivity contribution in [2.75, 3.05) is 52.9 Å². The molecule has 12 heterocycles. The number of nitrogens with zero attached hydrogens (tertiary/aromatic N) is 8. The Morgan fingerprint density at radius 2 is 0.402 bits per heavy atom. The first kappa shape index (κ1) is 89.1. The maximum absolute atomic E-state index is 11.5. The number of hydrogen-bond acceptors (Lipinski definition) is 16. The van der Waals surface area contributed by atoms with E-state index in [4.69, 9.17) is 37.9 Å². The number of rotatable bonds is 24. The Kier molecular flexibility index (Phi) is 27.9. The monoisotopic (exact) mass is 1790 g/mol. The van der Waals surface area contributed by atoms with Gasteiger partial charge in [0.25, 0.3) is 0 Å². The predicted octanol–water partition coefficient (Wildman–Crippen LogP) is 23.1. The van der Waals surface area contributed by atoms with Gasteiger partial charge in [-0.25, -0.2) is 19.9 Å². The molecule has 0 radical (unpaired) electrons. The summed E-state index contributed by atoms with van der Waals surface area (Å²) >= 11 is 0. The number of ether oxygens (including phenoxy) is 8. The minimum absolute atomic E-state index is 0.280. The third kappa shape index (κ3) is 21.0. The molecule has 8 saturated carbocycles. The summed E-state index contributed by atoms with van der Waals surface area (Å²) in [6, 6.07) is 52.5. The summed E-state index contributed by atoms with van der Waals surface area (Å²) in [5, 5.41) is 46.0. The van der Waals surface area contributed by atoms with E-state index in [1.54, 1.807) is 0 Å². The summed E-state index contributed by atoms with van der Waals surface area (Å²) in [5.41, 5.74) is 19.6. The minimum atomic E-state index is -0.422. The van der Waals surface area contributed by atoms with Crippen LogP contribution in [0.1, 0.15) is 345 Å². The van der Waals surface area contributed by atoms with Crippen LogP contribution in [0.25, 0.3) is 22.1 Å². The number of aliphatic hydroxyl groups excluding tert-OH is 4. The van der Waals surface area contributed by atoms with Crippen molar-refractivity contribution in [1.82, 2.24) is 37.5 Å². The zero-order valence-electron chi connectivity index (χ0n) is 76.9. The Labute approximate surface area is 777 Å². The molecule has 0 unspecified atom stereocenters. The van der Waals surface area contributed by atoms with E-state index in [9.17, 15) is 20.4 Å². The molecule has 20 nitrogen and oxygen atoms in total. The Morgan fingerprint density at radius 1 is 0.220 bits per heavy atom. The Balaban J connectivity index is 0.000000106. The Morgan fingerprint density at radius 3 is 0.583 bits per heavy atom. The van der Waals surface area contributed by atoms with Crippen molar-refractivity contribution in [3.05, 3.63) is 263 Å². The molecule has 4 aromatic carbocycles. The smallest absolute Gasteiger partial charge is 0.119 e. The van der Waals surface area contributed by atoms with Gasteiger partial charge in [0.1, 0.15) is 47.4 Å². The van der Waals surface area contributed by atoms with Gasteiger partial charge in [0.05, 0.1) is 172 Å². The highest BCUT2D eigenvalue weighted by molar-refractivity contribution is 5.54. The third-order valence-corrected chi connectivity index (χ3v) is 32.0. The van der Waals surface area contributed by atoms with Crippen LogP contribution in [0.5, 0.6) is 23.0 Å². The van der Waals surface area contributed by atoms with Crippen molar-refractivity contribution in [2.24, 2.45) is 23.7 Å². The zero-order chi connectivity index (χ0) is 88.8. The highest BCUT2D eigenvalue weighted by Crippen LogP contribution is 2.53. The van der Waals surface area contributed by atoms with E-state index in [0.717, 1.165) is 275 Å². The molecule has 0 spiro atoms. The molecule has 8 aromatic heterocycles. The first-order valence-corrected chi connectivity index (χ1v) is 50.9. The van der Waals surface area contributed by atoms with E-state index < -0.39 is 24.4 Å². The number of fused-ring (bicyclic) bond motifs is 4. The average Bonchev–Trinajstić information content (AvgIpc) is 1.66. The van der Waals surface area contributed by atoms with Gasteiger partial charge in [0, 0.05) is 51.4 Å². The highest BCUT2D eigenvalue weighted by atomic mass is 16.5. The molecular weight excluding hydrogens is 1650 g/mol. The van der Waals surface area contributed by atoms with E-state index in [-0.39, 0.29) is 24.4 Å². The van der Waals surface area contributed by atoms with Gasteiger partial charge in [-0.2, -0.15) is 0 Å². The maximum Gasteiger partial charge on any atom is 0.119 e. The summed E-state index contributed by atoms with van der Waals surface area (Å²) in [6.45, 7) is 6.41. The maximum atomic E-state index is 11.5. The van der Waals surface area contributed by atoms with Crippen molar-refractivity contribution in [3.63, 3.8) is 0 Å². The highest BCUT2D eigenvalue weighted by Gasteiger charge is 2.41. The van der Waals surface area contributed by atoms with Crippen molar-refractivity contribution in [1.29, 1.82) is 0 Å². The van der Waals surface area contributed by atoms with Gasteiger partial charge >= 0.3 is 0 Å². The molecule has 20 heteroatoms. The van der Waals surface area contributed by atoms with Crippen LogP contribution in [0.15, 0.2) is 196 Å². The normalized spacial score (nSPS) is 25.2. The van der Waals surface area contributed by atoms with Crippen LogP contribution in [0.2, 0.25) is 0 Å². The second-order valence-corrected chi connectivity index (χ2v) is 40.8. The molecule has 12 aromatic rings. The van der Waals surface area contributed by atoms with Gasteiger partial charge in [-0.15, -0.1) is 0 Å². The summed E-state index contributed by atoms with van der Waals surface area (Å²) in [7, 11) is 0. The zero-order valence-corrected chi connectivity index (χ0v) is 76.9. The van der Waals surface area contributed by atoms with Gasteiger partial charge < -0.3 is 75.9 Å². The van der Waals surface area contributed by atoms with Gasteiger partial charge in [0.15, 0.2) is 0 Å². The fraction of sp³-hybridized carbons (Fsp3) is 0.536. The van der Waals surface area contributed by atoms with Crippen LogP contribution in [-0.4, -0.2) is 135 Å². The molecule has 0 amide bonds. The number of aliphatic hydroxyl groups is 4. The number of aromatic nitrogens is 8. The van der Waals surface area contributed by atoms with E-state index in [1.807, 2.05) is 50.1 Å². The van der Waals surface area contributed by atoms with Gasteiger partial charge in [-0.3, -0.25) is 0 Å². The molecule has 12 fully saturated rings. The molecule has 4 N–H and O–H groups in total. The standard InChI is InChI=1S/4C28H34N2O3/c4*31-28(27-26(21-3-4-21)12-9-23-17-29-18-30(23)27)22-5-1-19(2-6-22)20-7-10-24(11-8-20)33-25-13-15-32-16-14-25/h4*7-12,17-19,21-22,25,28,31H,1-6,13-16H2/t4*19?,22?,28-/m1100/s1. The van der Waals surface area contributed by atoms with Crippen molar-refractivity contribution < 1.29 is 58.3 Å². The summed E-state index contributed by atoms with van der Waals surface area (Å²) < 4.78 is 54.8. The molecule has 8 aliphatic carbocycles. The minimum Gasteiger partial charge on any atom is -0.490 e. The first-order chi connectivity index (χ1) is 65.0. The molecule has 4 saturated heterocycles. The third-order valence-electron chi connectivity index (χ3n) is 32.0. The van der Waals surface area contributed by atoms with Gasteiger partial charge in [-0.05, 0) is 342 Å². The van der Waals surface area contributed by atoms with Crippen molar-refractivity contribution >= 4 is 22.1 Å². The fourth-order valence-corrected chi connectivity index (χ4v) is 23.5. The Hall–Kier alpha value is -9.48. The second kappa shape index (κ2) is 41.4. The number of benzene rings is 4. The lowest BCUT2D eigenvalue weighted by atomic mass is 9.75. The van der Waals surface area contributed by atoms with Crippen LogP contribution >= 0.6 is 0 Å². The summed E-state index contributed by atoms with van der Waals surface area (Å²) in [6.07, 6.45) is 49.6. The summed E-state index contributed by atoms with van der Waals surface area (Å²) in [4.78, 5) is 17.4. The lowest BCUT2D eigenvalue weighted by Gasteiger charge is -2.33. The molecule has 4 aliphatic heterocycles. The molecule has 132 heavy (non-hydrogen) atoms. The number of imidazole rings is 4. The first-order valence-electron chi connectivity index (χ1n) is 50.9. The van der Waals surface area contributed by atoms with Gasteiger partial charge in [-0.1, -0.05) is 72.8 Å². The topological polar surface area (TPSA) is 224 Å². The molecular formula is C112H136N8O12. The lowest BCUT2D eigenvalue weighted by molar-refractivity contribution is 0.0253. The largest absolute Gasteiger partial charge is 0.490 e. The van der Waals surface area contributed by atoms with E-state index >= 15 is 0 Å². The predicted molar refractivity (Wildman–Crippen MR) is 511 cm³/mol. The molecule has 696 valence electrons. The van der Waals surface area contributed by atoms with Crippen LogP contribution in [-0.2, 0) is 18.9 Å². The van der Waals surface area contributed by atoms with Crippen LogP contribution in [0.4, 0.5) is 0 Å². The molecule has 12 aliphatic rings. The Bertz CT molecular complexity index is 5000. The second-order valence-electron chi connectivity index (χ2n) is 40.8. The molecule has 24 rings (SSSR count). The average molecular weight is 1790 g/mol. The van der Waals surface area contributed by atoms with E-state index in [1.165, 1.54) is 95.9 Å². The SMILES string of the molecule is O[C@@H](c1c(C2CC2)ccc2cncn12)C1CCC(c2ccc(OC3CCOCC3)cc2)CC1.O[C@@H](c1c(C2CC2)ccc2cncn12)C1CCC(c2ccc(OC3CCOCC3)cc2)CC1.O[C@H](c1c(C2CC2)ccc2cncn12)C1CCC(c2ccc(OC3CCOCC3)cc2)CC1.O[C@H](c1c(C2CC2)ccc2cncn12)C1CCC(c2ccc(OC3CCOCC3)cc2)CC1. The molecule has 4 atom stereocenters. The van der Waals surface area contributed by atoms with Crippen LogP contribution < -0.4 is 18.9 Å². The molecule has 0 bridgehead atoms. The van der Waals surface area contributed by atoms with E-state index in [2.05, 4.69) is 183 Å². The fourth-order valence-electron chi connectivity index (χ4n) is 23.5. The summed E-state index contributed by atoms with van der Waals surface area (Å²) in [5.74, 6) is 9.82. The lowest BCUT2D eigenvalue weighted by Crippen LogP contribution is -2.25. The number of pyridine rings is 4. The number of hydrogen-bond donors (Lipinski definition) is 4. The van der Waals surface area contributed by atoms with Crippen molar-refractivity contribution in [2.45, 2.75) is 302 Å². The van der Waals surface area contributed by atoms with Gasteiger partial charge in [0.2, 0.25) is 0 Å². The van der Waals surface area contributed by atoms with Crippen LogP contribution in [0, 0.1) is 23.7 Å².